The standard InChI is InChI=1S/C30H31Cl2N5O4/c1-40-26-17-20(29(38)33-9-3-11-37-12-14-41-15-13-37)6-7-25(26)36-28-27-19(8-10-34-30(27)39)16-21(35-28)18-22-23(31)4-2-5-24(22)32/h2,4-8,10,16-17H,3,9,11-15,18H2,1H3,(H,33,38)(H,34,39)(H,35,36). The van der Waals surface area contributed by atoms with Gasteiger partial charge in [0.05, 0.1) is 31.4 Å². The number of aromatic nitrogens is 2. The molecule has 0 radical (unpaired) electrons. The summed E-state index contributed by atoms with van der Waals surface area (Å²) in [6, 6.07) is 14.1. The highest BCUT2D eigenvalue weighted by atomic mass is 35.5. The number of pyridine rings is 2. The SMILES string of the molecule is COc1cc(C(=O)NCCCN2CCOCC2)ccc1Nc1nc(Cc2c(Cl)cccc2Cl)cc2cc[nH]c(=O)c12. The van der Waals surface area contributed by atoms with Gasteiger partial charge in [-0.15, -0.1) is 0 Å². The number of anilines is 2. The average Bonchev–Trinajstić information content (AvgIpc) is 2.98. The number of ether oxygens (including phenoxy) is 2. The van der Waals surface area contributed by atoms with Gasteiger partial charge in [0.2, 0.25) is 0 Å². The lowest BCUT2D eigenvalue weighted by Crippen LogP contribution is -2.38. The van der Waals surface area contributed by atoms with Gasteiger partial charge in [0.1, 0.15) is 11.6 Å². The summed E-state index contributed by atoms with van der Waals surface area (Å²) in [4.78, 5) is 35.5. The van der Waals surface area contributed by atoms with Gasteiger partial charge < -0.3 is 25.1 Å². The fourth-order valence-corrected chi connectivity index (χ4v) is 5.36. The van der Waals surface area contributed by atoms with E-state index in [1.807, 2.05) is 12.1 Å². The van der Waals surface area contributed by atoms with Gasteiger partial charge >= 0.3 is 0 Å². The van der Waals surface area contributed by atoms with Crippen LogP contribution in [0.3, 0.4) is 0 Å². The third kappa shape index (κ3) is 7.00. The van der Waals surface area contributed by atoms with Gasteiger partial charge in [-0.3, -0.25) is 14.5 Å². The number of carbonyl (C=O) groups is 1. The second kappa shape index (κ2) is 13.4. The van der Waals surface area contributed by atoms with Gasteiger partial charge in [-0.2, -0.15) is 0 Å². The molecule has 1 aliphatic heterocycles. The molecule has 9 nitrogen and oxygen atoms in total. The lowest BCUT2D eigenvalue weighted by Gasteiger charge is -2.26. The predicted molar refractivity (Wildman–Crippen MR) is 162 cm³/mol. The molecule has 0 spiro atoms. The number of benzene rings is 2. The van der Waals surface area contributed by atoms with Crippen LogP contribution in [0, 0.1) is 0 Å². The fourth-order valence-electron chi connectivity index (χ4n) is 4.83. The van der Waals surface area contributed by atoms with Crippen LogP contribution in [0.1, 0.15) is 28.0 Å². The van der Waals surface area contributed by atoms with Crippen molar-refractivity contribution in [1.29, 1.82) is 0 Å². The number of halogens is 2. The van der Waals surface area contributed by atoms with E-state index in [2.05, 4.69) is 20.5 Å². The number of nitrogens with one attached hydrogen (secondary N) is 3. The molecule has 5 rings (SSSR count). The Kier molecular flexibility index (Phi) is 9.41. The molecule has 1 amide bonds. The minimum atomic E-state index is -0.285. The van der Waals surface area contributed by atoms with E-state index in [9.17, 15) is 9.59 Å². The number of carbonyl (C=O) groups excluding carboxylic acids is 1. The third-order valence-electron chi connectivity index (χ3n) is 6.98. The summed E-state index contributed by atoms with van der Waals surface area (Å²) in [5.41, 5.74) is 2.16. The van der Waals surface area contributed by atoms with Crippen LogP contribution in [0.25, 0.3) is 10.8 Å². The van der Waals surface area contributed by atoms with Gasteiger partial charge in [-0.05, 0) is 66.4 Å². The van der Waals surface area contributed by atoms with E-state index >= 15 is 0 Å². The van der Waals surface area contributed by atoms with Gasteiger partial charge in [-0.25, -0.2) is 4.98 Å². The number of fused-ring (bicyclic) bond motifs is 1. The number of nitrogens with zero attached hydrogens (tertiary/aromatic N) is 2. The number of aromatic amines is 1. The van der Waals surface area contributed by atoms with Gasteiger partial charge in [0.25, 0.3) is 11.5 Å². The first-order valence-electron chi connectivity index (χ1n) is 13.4. The number of hydrogen-bond donors (Lipinski definition) is 3. The number of hydrogen-bond acceptors (Lipinski definition) is 7. The highest BCUT2D eigenvalue weighted by Crippen LogP contribution is 2.32. The Balaban J connectivity index is 1.35. The first-order valence-corrected chi connectivity index (χ1v) is 14.2. The Morgan fingerprint density at radius 3 is 2.66 bits per heavy atom. The molecule has 1 saturated heterocycles. The summed E-state index contributed by atoms with van der Waals surface area (Å²) in [6.45, 7) is 4.84. The lowest BCUT2D eigenvalue weighted by atomic mass is 10.1. The summed E-state index contributed by atoms with van der Waals surface area (Å²) < 4.78 is 11.0. The Morgan fingerprint density at radius 1 is 1.12 bits per heavy atom. The molecule has 3 N–H and O–H groups in total. The molecule has 1 aliphatic rings. The van der Waals surface area contributed by atoms with Crippen molar-refractivity contribution >= 4 is 51.4 Å². The van der Waals surface area contributed by atoms with E-state index in [-0.39, 0.29) is 11.5 Å². The van der Waals surface area contributed by atoms with Gasteiger partial charge in [0, 0.05) is 53.6 Å². The first-order chi connectivity index (χ1) is 19.9. The van der Waals surface area contributed by atoms with Crippen molar-refractivity contribution in [2.75, 3.05) is 51.8 Å². The molecule has 0 atom stereocenters. The molecule has 0 aliphatic carbocycles. The molecule has 0 bridgehead atoms. The summed E-state index contributed by atoms with van der Waals surface area (Å²) >= 11 is 12.8. The van der Waals surface area contributed by atoms with Crippen molar-refractivity contribution in [2.24, 2.45) is 0 Å². The molecule has 41 heavy (non-hydrogen) atoms. The smallest absolute Gasteiger partial charge is 0.259 e. The third-order valence-corrected chi connectivity index (χ3v) is 7.69. The Bertz CT molecular complexity index is 1580. The van der Waals surface area contributed by atoms with Crippen LogP contribution in [0.5, 0.6) is 5.75 Å². The fraction of sp³-hybridized carbons (Fsp3) is 0.300. The van der Waals surface area contributed by atoms with E-state index in [1.165, 1.54) is 7.11 Å². The molecule has 4 aromatic rings. The van der Waals surface area contributed by atoms with Crippen LogP contribution in [0.15, 0.2) is 59.5 Å². The maximum atomic E-state index is 12.8. The van der Waals surface area contributed by atoms with Crippen LogP contribution >= 0.6 is 23.2 Å². The zero-order valence-electron chi connectivity index (χ0n) is 22.6. The highest BCUT2D eigenvalue weighted by Gasteiger charge is 2.16. The molecule has 2 aromatic heterocycles. The molecule has 0 unspecified atom stereocenters. The number of H-pyrrole nitrogens is 1. The van der Waals surface area contributed by atoms with E-state index in [4.69, 9.17) is 37.7 Å². The average molecular weight is 597 g/mol. The second-order valence-electron chi connectivity index (χ2n) is 9.71. The molecular formula is C30H31Cl2N5O4. The van der Waals surface area contributed by atoms with E-state index < -0.39 is 0 Å². The molecule has 3 heterocycles. The highest BCUT2D eigenvalue weighted by molar-refractivity contribution is 6.36. The van der Waals surface area contributed by atoms with Crippen LogP contribution in [-0.2, 0) is 11.2 Å². The summed E-state index contributed by atoms with van der Waals surface area (Å²) in [5.74, 6) is 0.601. The Labute approximate surface area is 247 Å². The van der Waals surface area contributed by atoms with Crippen molar-refractivity contribution in [1.82, 2.24) is 20.2 Å². The minimum absolute atomic E-state index is 0.185. The zero-order chi connectivity index (χ0) is 28.8. The predicted octanol–water partition coefficient (Wildman–Crippen LogP) is 5.03. The lowest BCUT2D eigenvalue weighted by molar-refractivity contribution is 0.0374. The number of rotatable bonds is 10. The maximum Gasteiger partial charge on any atom is 0.259 e. The summed E-state index contributed by atoms with van der Waals surface area (Å²) in [6.07, 6.45) is 2.82. The van der Waals surface area contributed by atoms with Crippen LogP contribution in [-0.4, -0.2) is 67.3 Å². The first kappa shape index (κ1) is 28.9. The number of methoxy groups -OCH3 is 1. The quantitative estimate of drug-likeness (QED) is 0.221. The maximum absolute atomic E-state index is 12.8. The van der Waals surface area contributed by atoms with E-state index in [1.54, 1.807) is 42.6 Å². The van der Waals surface area contributed by atoms with E-state index in [0.29, 0.717) is 62.3 Å². The van der Waals surface area contributed by atoms with Crippen LogP contribution < -0.4 is 20.9 Å². The van der Waals surface area contributed by atoms with Crippen molar-refractivity contribution in [2.45, 2.75) is 12.8 Å². The van der Waals surface area contributed by atoms with Crippen LogP contribution in [0.4, 0.5) is 11.5 Å². The van der Waals surface area contributed by atoms with Gasteiger partial charge in [0.15, 0.2) is 0 Å². The Morgan fingerprint density at radius 2 is 1.90 bits per heavy atom. The normalized spacial score (nSPS) is 13.7. The van der Waals surface area contributed by atoms with Crippen molar-refractivity contribution < 1.29 is 14.3 Å². The van der Waals surface area contributed by atoms with Crippen molar-refractivity contribution in [3.05, 3.63) is 91.9 Å². The second-order valence-corrected chi connectivity index (χ2v) is 10.5. The zero-order valence-corrected chi connectivity index (χ0v) is 24.1. The number of amides is 1. The minimum Gasteiger partial charge on any atom is -0.495 e. The summed E-state index contributed by atoms with van der Waals surface area (Å²) in [5, 5.41) is 8.40. The molecule has 1 fully saturated rings. The topological polar surface area (TPSA) is 109 Å². The molecule has 0 saturated carbocycles. The largest absolute Gasteiger partial charge is 0.495 e. The molecule has 11 heteroatoms. The molecule has 2 aromatic carbocycles. The number of morpholine rings is 1. The molecule has 214 valence electrons. The van der Waals surface area contributed by atoms with Crippen molar-refractivity contribution in [3.63, 3.8) is 0 Å². The van der Waals surface area contributed by atoms with Crippen molar-refractivity contribution in [3.8, 4) is 5.75 Å². The van der Waals surface area contributed by atoms with E-state index in [0.717, 1.165) is 44.8 Å². The van der Waals surface area contributed by atoms with Gasteiger partial charge in [-0.1, -0.05) is 29.3 Å². The van der Waals surface area contributed by atoms with Crippen LogP contribution in [0.2, 0.25) is 10.0 Å². The monoisotopic (exact) mass is 595 g/mol. The summed E-state index contributed by atoms with van der Waals surface area (Å²) in [7, 11) is 1.53. The Hall–Kier alpha value is -3.63. The molecular weight excluding hydrogens is 565 g/mol.